The number of nitrogens with zero attached hydrogens (tertiary/aromatic N) is 2. The maximum absolute atomic E-state index is 6.12. The molecule has 0 unspecified atom stereocenters. The van der Waals surface area contributed by atoms with Gasteiger partial charge in [-0.2, -0.15) is 4.98 Å². The molecule has 3 rings (SSSR count). The number of halogens is 2. The molecule has 0 aliphatic heterocycles. The van der Waals surface area contributed by atoms with Crippen molar-refractivity contribution in [1.29, 1.82) is 0 Å². The van der Waals surface area contributed by atoms with E-state index < -0.39 is 0 Å². The van der Waals surface area contributed by atoms with Crippen molar-refractivity contribution in [2.75, 3.05) is 10.6 Å². The molecule has 0 amide bonds. The fourth-order valence-electron chi connectivity index (χ4n) is 1.65. The molecule has 0 spiro atoms. The molecule has 0 saturated heterocycles. The average molecular weight is 295 g/mol. The number of hydrogen-bond acceptors (Lipinski definition) is 4. The summed E-state index contributed by atoms with van der Waals surface area (Å²) in [4.78, 5) is 8.56. The largest absolute Gasteiger partial charge is 0.351 e. The predicted octanol–water partition coefficient (Wildman–Crippen LogP) is 4.10. The van der Waals surface area contributed by atoms with Gasteiger partial charge in [-0.3, -0.25) is 0 Å². The lowest BCUT2D eigenvalue weighted by atomic mass is 10.3. The van der Waals surface area contributed by atoms with Crippen LogP contribution in [0.4, 0.5) is 17.5 Å². The zero-order valence-corrected chi connectivity index (χ0v) is 11.5. The van der Waals surface area contributed by atoms with E-state index in [1.165, 1.54) is 12.8 Å². The van der Waals surface area contributed by atoms with E-state index in [0.717, 1.165) is 5.69 Å². The van der Waals surface area contributed by atoms with Gasteiger partial charge in [0.1, 0.15) is 5.82 Å². The monoisotopic (exact) mass is 294 g/mol. The van der Waals surface area contributed by atoms with Gasteiger partial charge >= 0.3 is 0 Å². The summed E-state index contributed by atoms with van der Waals surface area (Å²) >= 11 is 12.1. The van der Waals surface area contributed by atoms with Crippen LogP contribution in [0.3, 0.4) is 0 Å². The molecule has 19 heavy (non-hydrogen) atoms. The summed E-state index contributed by atoms with van der Waals surface area (Å²) in [5.74, 6) is 1.31. The first-order valence-electron chi connectivity index (χ1n) is 6.03. The Hall–Kier alpha value is -1.52. The van der Waals surface area contributed by atoms with Crippen molar-refractivity contribution in [1.82, 2.24) is 9.97 Å². The Kier molecular flexibility index (Phi) is 3.44. The molecule has 98 valence electrons. The quantitative estimate of drug-likeness (QED) is 0.891. The summed E-state index contributed by atoms with van der Waals surface area (Å²) in [6.07, 6.45) is 4.07. The maximum Gasteiger partial charge on any atom is 0.224 e. The van der Waals surface area contributed by atoms with E-state index in [9.17, 15) is 0 Å². The maximum atomic E-state index is 6.12. The highest BCUT2D eigenvalue weighted by Crippen LogP contribution is 2.31. The van der Waals surface area contributed by atoms with Gasteiger partial charge in [-0.25, -0.2) is 4.98 Å². The molecular weight excluding hydrogens is 283 g/mol. The van der Waals surface area contributed by atoms with Crippen molar-refractivity contribution in [3.63, 3.8) is 0 Å². The van der Waals surface area contributed by atoms with Gasteiger partial charge in [0, 0.05) is 12.2 Å². The van der Waals surface area contributed by atoms with E-state index >= 15 is 0 Å². The molecule has 1 fully saturated rings. The number of hydrogen-bond donors (Lipinski definition) is 2. The van der Waals surface area contributed by atoms with Crippen LogP contribution in [-0.4, -0.2) is 16.0 Å². The lowest BCUT2D eigenvalue weighted by Gasteiger charge is -2.09. The van der Waals surface area contributed by atoms with Crippen LogP contribution < -0.4 is 10.6 Å². The number of rotatable bonds is 4. The third-order valence-corrected chi connectivity index (χ3v) is 3.60. The van der Waals surface area contributed by atoms with Crippen LogP contribution in [-0.2, 0) is 0 Å². The second kappa shape index (κ2) is 5.23. The summed E-state index contributed by atoms with van der Waals surface area (Å²) in [6.45, 7) is 0. The van der Waals surface area contributed by atoms with Crippen molar-refractivity contribution >= 4 is 40.7 Å². The highest BCUT2D eigenvalue weighted by molar-refractivity contribution is 6.43. The van der Waals surface area contributed by atoms with E-state index in [0.29, 0.717) is 27.9 Å². The third kappa shape index (κ3) is 3.08. The zero-order valence-electron chi connectivity index (χ0n) is 10.0. The molecule has 4 nitrogen and oxygen atoms in total. The number of aromatic nitrogens is 2. The van der Waals surface area contributed by atoms with E-state index in [-0.39, 0.29) is 0 Å². The minimum atomic E-state index is 0.486. The zero-order chi connectivity index (χ0) is 13.2. The first-order chi connectivity index (χ1) is 9.22. The smallest absolute Gasteiger partial charge is 0.224 e. The van der Waals surface area contributed by atoms with Crippen molar-refractivity contribution in [3.05, 3.63) is 40.5 Å². The molecule has 2 aromatic rings. The summed E-state index contributed by atoms with van der Waals surface area (Å²) in [6, 6.07) is 7.74. The van der Waals surface area contributed by atoms with Crippen LogP contribution in [0.15, 0.2) is 30.5 Å². The normalized spacial score (nSPS) is 14.2. The molecule has 2 N–H and O–H groups in total. The number of anilines is 3. The topological polar surface area (TPSA) is 49.8 Å². The van der Waals surface area contributed by atoms with Crippen molar-refractivity contribution < 1.29 is 0 Å². The lowest BCUT2D eigenvalue weighted by Crippen LogP contribution is -2.06. The van der Waals surface area contributed by atoms with Crippen LogP contribution in [0, 0.1) is 0 Å². The molecule has 0 atom stereocenters. The summed E-state index contributed by atoms with van der Waals surface area (Å²) < 4.78 is 0. The highest BCUT2D eigenvalue weighted by Gasteiger charge is 2.21. The Labute approximate surface area is 121 Å². The van der Waals surface area contributed by atoms with E-state index in [2.05, 4.69) is 20.6 Å². The Balaban J connectivity index is 1.80. The molecule has 1 heterocycles. The fourth-order valence-corrected chi connectivity index (χ4v) is 1.99. The van der Waals surface area contributed by atoms with Crippen LogP contribution in [0.25, 0.3) is 0 Å². The van der Waals surface area contributed by atoms with E-state index in [1.807, 2.05) is 12.1 Å². The second-order valence-corrected chi connectivity index (χ2v) is 5.20. The lowest BCUT2D eigenvalue weighted by molar-refractivity contribution is 1.05. The molecule has 0 radical (unpaired) electrons. The molecule has 1 saturated carbocycles. The van der Waals surface area contributed by atoms with Crippen LogP contribution in [0.5, 0.6) is 0 Å². The Morgan fingerprint density at radius 2 is 2.00 bits per heavy atom. The second-order valence-electron chi connectivity index (χ2n) is 4.41. The number of benzene rings is 1. The Morgan fingerprint density at radius 1 is 1.16 bits per heavy atom. The number of nitrogens with one attached hydrogen (secondary N) is 2. The SMILES string of the molecule is Clc1cccc(Nc2ccnc(NC3CC3)n2)c1Cl. The first-order valence-corrected chi connectivity index (χ1v) is 6.78. The third-order valence-electron chi connectivity index (χ3n) is 2.78. The molecule has 1 aliphatic carbocycles. The molecular formula is C13H12Cl2N4. The Morgan fingerprint density at radius 3 is 2.79 bits per heavy atom. The molecule has 1 aromatic heterocycles. The van der Waals surface area contributed by atoms with Gasteiger partial charge in [0.15, 0.2) is 0 Å². The van der Waals surface area contributed by atoms with Crippen molar-refractivity contribution in [3.8, 4) is 0 Å². The predicted molar refractivity (Wildman–Crippen MR) is 78.4 cm³/mol. The van der Waals surface area contributed by atoms with Gasteiger partial charge in [-0.1, -0.05) is 29.3 Å². The highest BCUT2D eigenvalue weighted by atomic mass is 35.5. The average Bonchev–Trinajstić information content (AvgIpc) is 3.19. The molecule has 0 bridgehead atoms. The van der Waals surface area contributed by atoms with Crippen LogP contribution >= 0.6 is 23.2 Å². The van der Waals surface area contributed by atoms with Gasteiger partial charge < -0.3 is 10.6 Å². The molecule has 1 aromatic carbocycles. The minimum absolute atomic E-state index is 0.486. The van der Waals surface area contributed by atoms with Crippen LogP contribution in [0.1, 0.15) is 12.8 Å². The van der Waals surface area contributed by atoms with E-state index in [1.54, 1.807) is 18.3 Å². The van der Waals surface area contributed by atoms with Crippen molar-refractivity contribution in [2.24, 2.45) is 0 Å². The fraction of sp³-hybridized carbons (Fsp3) is 0.231. The van der Waals surface area contributed by atoms with Crippen LogP contribution in [0.2, 0.25) is 10.0 Å². The Bertz CT molecular complexity index is 599. The van der Waals surface area contributed by atoms with Gasteiger partial charge in [-0.15, -0.1) is 0 Å². The van der Waals surface area contributed by atoms with Gasteiger partial charge in [0.05, 0.1) is 15.7 Å². The summed E-state index contributed by atoms with van der Waals surface area (Å²) in [7, 11) is 0. The van der Waals surface area contributed by atoms with Gasteiger partial charge in [0.25, 0.3) is 0 Å². The molecule has 1 aliphatic rings. The first kappa shape index (κ1) is 12.5. The van der Waals surface area contributed by atoms with Gasteiger partial charge in [-0.05, 0) is 31.0 Å². The molecule has 6 heteroatoms. The summed E-state index contributed by atoms with van der Waals surface area (Å²) in [5, 5.41) is 7.38. The minimum Gasteiger partial charge on any atom is -0.351 e. The van der Waals surface area contributed by atoms with Gasteiger partial charge in [0.2, 0.25) is 5.95 Å². The van der Waals surface area contributed by atoms with Crippen molar-refractivity contribution in [2.45, 2.75) is 18.9 Å². The standard InChI is InChI=1S/C13H12Cl2N4/c14-9-2-1-3-10(12(9)15)18-11-6-7-16-13(19-11)17-8-4-5-8/h1-3,6-8H,4-5H2,(H2,16,17,18,19). The van der Waals surface area contributed by atoms with E-state index in [4.69, 9.17) is 23.2 Å². The summed E-state index contributed by atoms with van der Waals surface area (Å²) in [5.41, 5.74) is 0.727.